The summed E-state index contributed by atoms with van der Waals surface area (Å²) in [6, 6.07) is 7.86. The van der Waals surface area contributed by atoms with Crippen molar-refractivity contribution in [2.24, 2.45) is 0 Å². The van der Waals surface area contributed by atoms with Crippen LogP contribution >= 0.6 is 0 Å². The number of hydrogen-bond donors (Lipinski definition) is 1. The smallest absolute Gasteiger partial charge is 0.251 e. The molecule has 1 aromatic heterocycles. The van der Waals surface area contributed by atoms with E-state index >= 15 is 0 Å². The van der Waals surface area contributed by atoms with Crippen molar-refractivity contribution >= 4 is 5.91 Å². The molecule has 19 heavy (non-hydrogen) atoms. The first-order chi connectivity index (χ1) is 9.22. The standard InChI is InChI=1S/C15H17N3O/c1-11-3-2-4-12(9-11)15(19)17-13-5-7-18-8-6-16-14(18)10-13/h2-4,6,8-9,13H,5,7,10H2,1H3,(H,17,19). The minimum absolute atomic E-state index is 0.00806. The summed E-state index contributed by atoms with van der Waals surface area (Å²) in [7, 11) is 0. The van der Waals surface area contributed by atoms with Gasteiger partial charge in [0.1, 0.15) is 5.82 Å². The van der Waals surface area contributed by atoms with Gasteiger partial charge in [0.2, 0.25) is 0 Å². The van der Waals surface area contributed by atoms with Gasteiger partial charge in [0.25, 0.3) is 5.91 Å². The van der Waals surface area contributed by atoms with Crippen LogP contribution in [0.4, 0.5) is 0 Å². The normalized spacial score (nSPS) is 17.8. The molecule has 2 aromatic rings. The molecular formula is C15H17N3O. The Hall–Kier alpha value is -2.10. The first kappa shape index (κ1) is 12.0. The van der Waals surface area contributed by atoms with Crippen LogP contribution < -0.4 is 5.32 Å². The highest BCUT2D eigenvalue weighted by Gasteiger charge is 2.21. The summed E-state index contributed by atoms with van der Waals surface area (Å²) in [4.78, 5) is 16.5. The minimum Gasteiger partial charge on any atom is -0.349 e. The van der Waals surface area contributed by atoms with Gasteiger partial charge in [-0.15, -0.1) is 0 Å². The van der Waals surface area contributed by atoms with E-state index in [0.29, 0.717) is 0 Å². The van der Waals surface area contributed by atoms with E-state index in [2.05, 4.69) is 14.9 Å². The average molecular weight is 255 g/mol. The number of carbonyl (C=O) groups excluding carboxylic acids is 1. The maximum atomic E-state index is 12.2. The molecule has 0 saturated carbocycles. The topological polar surface area (TPSA) is 46.9 Å². The first-order valence-electron chi connectivity index (χ1n) is 6.60. The highest BCUT2D eigenvalue weighted by Crippen LogP contribution is 2.14. The van der Waals surface area contributed by atoms with Gasteiger partial charge in [0.05, 0.1) is 0 Å². The molecule has 0 fully saturated rings. The molecule has 0 bridgehead atoms. The van der Waals surface area contributed by atoms with E-state index in [0.717, 1.165) is 36.3 Å². The predicted octanol–water partition coefficient (Wildman–Crippen LogP) is 1.94. The number of nitrogens with one attached hydrogen (secondary N) is 1. The number of rotatable bonds is 2. The molecule has 0 aliphatic carbocycles. The third kappa shape index (κ3) is 2.52. The summed E-state index contributed by atoms with van der Waals surface area (Å²) in [5, 5.41) is 3.10. The van der Waals surface area contributed by atoms with Crippen LogP contribution in [0.1, 0.15) is 28.2 Å². The molecule has 4 nitrogen and oxygen atoms in total. The lowest BCUT2D eigenvalue weighted by atomic mass is 10.1. The van der Waals surface area contributed by atoms with Crippen molar-refractivity contribution in [1.29, 1.82) is 0 Å². The van der Waals surface area contributed by atoms with Gasteiger partial charge < -0.3 is 9.88 Å². The Morgan fingerprint density at radius 1 is 1.47 bits per heavy atom. The lowest BCUT2D eigenvalue weighted by Gasteiger charge is -2.24. The van der Waals surface area contributed by atoms with E-state index in [-0.39, 0.29) is 11.9 Å². The van der Waals surface area contributed by atoms with Crippen LogP contribution in [0.3, 0.4) is 0 Å². The van der Waals surface area contributed by atoms with E-state index in [1.165, 1.54) is 0 Å². The molecule has 3 rings (SSSR count). The summed E-state index contributed by atoms with van der Waals surface area (Å²) >= 11 is 0. The van der Waals surface area contributed by atoms with Crippen LogP contribution in [0.25, 0.3) is 0 Å². The number of aryl methyl sites for hydroxylation is 2. The Kier molecular flexibility index (Phi) is 3.07. The lowest BCUT2D eigenvalue weighted by molar-refractivity contribution is 0.0930. The van der Waals surface area contributed by atoms with E-state index in [4.69, 9.17) is 0 Å². The number of carbonyl (C=O) groups is 1. The Morgan fingerprint density at radius 3 is 3.21 bits per heavy atom. The second-order valence-electron chi connectivity index (χ2n) is 5.07. The van der Waals surface area contributed by atoms with Gasteiger partial charge in [-0.25, -0.2) is 4.98 Å². The number of hydrogen-bond acceptors (Lipinski definition) is 2. The zero-order chi connectivity index (χ0) is 13.2. The van der Waals surface area contributed by atoms with Gasteiger partial charge in [-0.1, -0.05) is 17.7 Å². The van der Waals surface area contributed by atoms with Crippen LogP contribution in [-0.4, -0.2) is 21.5 Å². The van der Waals surface area contributed by atoms with Crippen molar-refractivity contribution in [3.8, 4) is 0 Å². The number of nitrogens with zero attached hydrogens (tertiary/aromatic N) is 2. The molecule has 0 saturated heterocycles. The quantitative estimate of drug-likeness (QED) is 0.891. The number of imidazole rings is 1. The second-order valence-corrected chi connectivity index (χ2v) is 5.07. The van der Waals surface area contributed by atoms with E-state index < -0.39 is 0 Å². The average Bonchev–Trinajstić information content (AvgIpc) is 2.86. The molecule has 98 valence electrons. The maximum absolute atomic E-state index is 12.2. The van der Waals surface area contributed by atoms with Crippen LogP contribution in [0.2, 0.25) is 0 Å². The fourth-order valence-corrected chi connectivity index (χ4v) is 2.53. The Labute approximate surface area is 112 Å². The van der Waals surface area contributed by atoms with Crippen molar-refractivity contribution in [3.63, 3.8) is 0 Å². The second kappa shape index (κ2) is 4.88. The van der Waals surface area contributed by atoms with Crippen molar-refractivity contribution in [2.75, 3.05) is 0 Å². The zero-order valence-corrected chi connectivity index (χ0v) is 11.0. The molecule has 0 radical (unpaired) electrons. The summed E-state index contributed by atoms with van der Waals surface area (Å²) in [5.41, 5.74) is 1.83. The highest BCUT2D eigenvalue weighted by atomic mass is 16.1. The Balaban J connectivity index is 1.68. The lowest BCUT2D eigenvalue weighted by Crippen LogP contribution is -2.40. The van der Waals surface area contributed by atoms with Crippen LogP contribution in [0.15, 0.2) is 36.7 Å². The molecule has 1 atom stereocenters. The van der Waals surface area contributed by atoms with E-state index in [9.17, 15) is 4.79 Å². The Morgan fingerprint density at radius 2 is 2.37 bits per heavy atom. The summed E-state index contributed by atoms with van der Waals surface area (Å²) < 4.78 is 2.15. The zero-order valence-electron chi connectivity index (χ0n) is 11.0. The van der Waals surface area contributed by atoms with Crippen molar-refractivity contribution in [2.45, 2.75) is 32.4 Å². The summed E-state index contributed by atoms with van der Waals surface area (Å²) in [6.07, 6.45) is 5.58. The molecule has 1 aromatic carbocycles. The monoisotopic (exact) mass is 255 g/mol. The number of aromatic nitrogens is 2. The maximum Gasteiger partial charge on any atom is 0.251 e. The van der Waals surface area contributed by atoms with Crippen LogP contribution in [-0.2, 0) is 13.0 Å². The fourth-order valence-electron chi connectivity index (χ4n) is 2.53. The van der Waals surface area contributed by atoms with Gasteiger partial charge in [-0.3, -0.25) is 4.79 Å². The molecule has 1 N–H and O–H groups in total. The van der Waals surface area contributed by atoms with E-state index in [1.807, 2.05) is 43.6 Å². The van der Waals surface area contributed by atoms with Gasteiger partial charge >= 0.3 is 0 Å². The molecular weight excluding hydrogens is 238 g/mol. The predicted molar refractivity (Wildman–Crippen MR) is 73.0 cm³/mol. The number of benzene rings is 1. The summed E-state index contributed by atoms with van der Waals surface area (Å²) in [5.74, 6) is 1.06. The molecule has 2 heterocycles. The molecule has 4 heteroatoms. The van der Waals surface area contributed by atoms with Gasteiger partial charge in [-0.05, 0) is 25.5 Å². The number of amides is 1. The fraction of sp³-hybridized carbons (Fsp3) is 0.333. The Bertz CT molecular complexity index is 603. The van der Waals surface area contributed by atoms with Gasteiger partial charge in [-0.2, -0.15) is 0 Å². The highest BCUT2D eigenvalue weighted by molar-refractivity contribution is 5.94. The van der Waals surface area contributed by atoms with Crippen molar-refractivity contribution < 1.29 is 4.79 Å². The first-order valence-corrected chi connectivity index (χ1v) is 6.60. The van der Waals surface area contributed by atoms with Gasteiger partial charge in [0, 0.05) is 37.0 Å². The van der Waals surface area contributed by atoms with Crippen LogP contribution in [0.5, 0.6) is 0 Å². The van der Waals surface area contributed by atoms with Gasteiger partial charge in [0.15, 0.2) is 0 Å². The largest absolute Gasteiger partial charge is 0.349 e. The summed E-state index contributed by atoms with van der Waals surface area (Å²) in [6.45, 7) is 2.92. The molecule has 1 aliphatic heterocycles. The van der Waals surface area contributed by atoms with Crippen molar-refractivity contribution in [1.82, 2.24) is 14.9 Å². The third-order valence-electron chi connectivity index (χ3n) is 3.56. The third-order valence-corrected chi connectivity index (χ3v) is 3.56. The molecule has 1 aliphatic rings. The van der Waals surface area contributed by atoms with Crippen LogP contribution in [0, 0.1) is 6.92 Å². The van der Waals surface area contributed by atoms with E-state index in [1.54, 1.807) is 0 Å². The SMILES string of the molecule is Cc1cccc(C(=O)NC2CCn3ccnc3C2)c1. The van der Waals surface area contributed by atoms with Crippen molar-refractivity contribution in [3.05, 3.63) is 53.6 Å². The minimum atomic E-state index is 0.00806. The number of fused-ring (bicyclic) bond motifs is 1. The molecule has 0 spiro atoms. The molecule has 1 unspecified atom stereocenters. The molecule has 1 amide bonds.